The molecule has 0 aliphatic heterocycles. The van der Waals surface area contributed by atoms with Crippen molar-refractivity contribution >= 4 is 17.8 Å². The van der Waals surface area contributed by atoms with E-state index in [4.69, 9.17) is 30.5 Å². The third kappa shape index (κ3) is 5.82. The molecule has 0 aliphatic carbocycles. The number of nitrogens with zero attached hydrogens (tertiary/aromatic N) is 1. The van der Waals surface area contributed by atoms with Crippen LogP contribution in [0.15, 0.2) is 48.1 Å². The van der Waals surface area contributed by atoms with Crippen molar-refractivity contribution in [3.05, 3.63) is 59.1 Å². The summed E-state index contributed by atoms with van der Waals surface area (Å²) in [5.74, 6) is 2.43. The molecule has 2 aromatic rings. The van der Waals surface area contributed by atoms with Crippen LogP contribution in [0.1, 0.15) is 18.1 Å². The first-order valence-corrected chi connectivity index (χ1v) is 9.17. The maximum Gasteiger partial charge on any atom is 0.180 e. The monoisotopic (exact) mass is 404 g/mol. The van der Waals surface area contributed by atoms with Crippen molar-refractivity contribution in [2.45, 2.75) is 13.5 Å². The van der Waals surface area contributed by atoms with Gasteiger partial charge in [-0.3, -0.25) is 0 Å². The fourth-order valence-electron chi connectivity index (χ4n) is 2.46. The molecule has 2 aromatic carbocycles. The van der Waals surface area contributed by atoms with Crippen LogP contribution in [0.25, 0.3) is 0 Å². The Labute approximate surface area is 170 Å². The Hall–Kier alpha value is -2.86. The van der Waals surface area contributed by atoms with Gasteiger partial charge in [-0.2, -0.15) is 5.10 Å². The lowest BCUT2D eigenvalue weighted by Crippen LogP contribution is -2.06. The number of ether oxygens (including phenoxy) is 4. The summed E-state index contributed by atoms with van der Waals surface area (Å²) in [6.45, 7) is 6.92. The molecule has 0 bridgehead atoms. The second-order valence-electron chi connectivity index (χ2n) is 5.65. The average molecular weight is 405 g/mol. The number of methoxy groups -OCH3 is 2. The van der Waals surface area contributed by atoms with E-state index in [0.717, 1.165) is 11.1 Å². The van der Waals surface area contributed by atoms with Crippen LogP contribution in [0.5, 0.6) is 23.0 Å². The topological polar surface area (TPSA) is 61.3 Å². The molecular weight excluding hydrogens is 380 g/mol. The van der Waals surface area contributed by atoms with Gasteiger partial charge in [0.15, 0.2) is 23.0 Å². The summed E-state index contributed by atoms with van der Waals surface area (Å²) >= 11 is 6.33. The van der Waals surface area contributed by atoms with Crippen LogP contribution >= 0.6 is 11.6 Å². The highest BCUT2D eigenvalue weighted by molar-refractivity contribution is 6.32. The number of benzene rings is 2. The van der Waals surface area contributed by atoms with Gasteiger partial charge in [-0.25, -0.2) is 0 Å². The van der Waals surface area contributed by atoms with Crippen molar-refractivity contribution in [3.63, 3.8) is 0 Å². The normalized spacial score (nSPS) is 10.6. The highest BCUT2D eigenvalue weighted by Crippen LogP contribution is 2.36. The minimum atomic E-state index is 0.347. The van der Waals surface area contributed by atoms with E-state index < -0.39 is 0 Å². The molecule has 0 unspecified atom stereocenters. The fourth-order valence-corrected chi connectivity index (χ4v) is 2.73. The van der Waals surface area contributed by atoms with E-state index in [2.05, 4.69) is 17.1 Å². The molecule has 0 saturated carbocycles. The summed E-state index contributed by atoms with van der Waals surface area (Å²) in [6.07, 6.45) is 3.33. The molecule has 0 heterocycles. The summed E-state index contributed by atoms with van der Waals surface area (Å²) < 4.78 is 21.8. The van der Waals surface area contributed by atoms with Crippen LogP contribution < -0.4 is 24.4 Å². The smallest absolute Gasteiger partial charge is 0.180 e. The molecule has 0 fully saturated rings. The van der Waals surface area contributed by atoms with Gasteiger partial charge in [0.2, 0.25) is 0 Å². The van der Waals surface area contributed by atoms with Gasteiger partial charge in [0, 0.05) is 0 Å². The largest absolute Gasteiger partial charge is 0.493 e. The molecule has 0 atom stereocenters. The molecule has 0 amide bonds. The Balaban J connectivity index is 2.06. The second kappa shape index (κ2) is 11.1. The fraction of sp³-hybridized carbons (Fsp3) is 0.286. The first-order valence-electron chi connectivity index (χ1n) is 8.79. The number of hydrogen-bond donors (Lipinski definition) is 1. The SMILES string of the molecule is C=CCOc1c(Cl)cc(/C=N\NCc2ccc(OC)c(OC)c2)cc1OCC. The van der Waals surface area contributed by atoms with E-state index in [1.165, 1.54) is 0 Å². The zero-order valence-corrected chi connectivity index (χ0v) is 17.1. The lowest BCUT2D eigenvalue weighted by molar-refractivity contribution is 0.297. The molecule has 0 saturated heterocycles. The van der Waals surface area contributed by atoms with Crippen molar-refractivity contribution in [3.8, 4) is 23.0 Å². The minimum Gasteiger partial charge on any atom is -0.493 e. The van der Waals surface area contributed by atoms with Gasteiger partial charge in [0.25, 0.3) is 0 Å². The lowest BCUT2D eigenvalue weighted by atomic mass is 10.2. The molecule has 150 valence electrons. The number of halogens is 1. The summed E-state index contributed by atoms with van der Waals surface area (Å²) in [5, 5.41) is 4.70. The predicted octanol–water partition coefficient (Wildman–Crippen LogP) is 4.44. The van der Waals surface area contributed by atoms with E-state index in [1.54, 1.807) is 32.6 Å². The second-order valence-corrected chi connectivity index (χ2v) is 6.05. The van der Waals surface area contributed by atoms with Crippen molar-refractivity contribution in [2.75, 3.05) is 27.4 Å². The van der Waals surface area contributed by atoms with Crippen molar-refractivity contribution in [2.24, 2.45) is 5.10 Å². The molecule has 6 nitrogen and oxygen atoms in total. The van der Waals surface area contributed by atoms with Crippen LogP contribution in [0.2, 0.25) is 5.02 Å². The Morgan fingerprint density at radius 2 is 1.86 bits per heavy atom. The standard InChI is InChI=1S/C21H25ClN2O4/c1-5-9-28-21-17(22)10-16(12-20(21)27-6-2)14-24-23-13-15-7-8-18(25-3)19(11-15)26-4/h5,7-8,10-12,14,23H,1,6,9,13H2,2-4H3/b24-14-. The number of nitrogens with one attached hydrogen (secondary N) is 1. The molecule has 2 rings (SSSR count). The highest BCUT2D eigenvalue weighted by Gasteiger charge is 2.11. The van der Waals surface area contributed by atoms with Gasteiger partial charge < -0.3 is 24.4 Å². The quantitative estimate of drug-likeness (QED) is 0.340. The Morgan fingerprint density at radius 3 is 2.54 bits per heavy atom. The van der Waals surface area contributed by atoms with Crippen molar-refractivity contribution in [1.29, 1.82) is 0 Å². The number of hydrazone groups is 1. The first-order chi connectivity index (χ1) is 13.6. The third-order valence-corrected chi connectivity index (χ3v) is 3.99. The van der Waals surface area contributed by atoms with Gasteiger partial charge >= 0.3 is 0 Å². The minimum absolute atomic E-state index is 0.347. The first kappa shape index (κ1) is 21.4. The Kier molecular flexibility index (Phi) is 8.49. The van der Waals surface area contributed by atoms with Crippen LogP contribution in [-0.4, -0.2) is 33.6 Å². The van der Waals surface area contributed by atoms with Crippen molar-refractivity contribution in [1.82, 2.24) is 5.43 Å². The number of rotatable bonds is 11. The van der Waals surface area contributed by atoms with E-state index in [1.807, 2.05) is 31.2 Å². The van der Waals surface area contributed by atoms with Crippen LogP contribution in [0.4, 0.5) is 0 Å². The summed E-state index contributed by atoms with van der Waals surface area (Å²) in [5.41, 5.74) is 4.80. The zero-order chi connectivity index (χ0) is 20.4. The molecular formula is C21H25ClN2O4. The Morgan fingerprint density at radius 1 is 1.07 bits per heavy atom. The molecule has 28 heavy (non-hydrogen) atoms. The van der Waals surface area contributed by atoms with Crippen LogP contribution in [0, 0.1) is 0 Å². The van der Waals surface area contributed by atoms with Gasteiger partial charge in [-0.05, 0) is 42.3 Å². The summed E-state index contributed by atoms with van der Waals surface area (Å²) in [6, 6.07) is 9.30. The van der Waals surface area contributed by atoms with E-state index in [0.29, 0.717) is 47.8 Å². The molecule has 0 aromatic heterocycles. The van der Waals surface area contributed by atoms with Crippen LogP contribution in [0.3, 0.4) is 0 Å². The maximum atomic E-state index is 6.33. The lowest BCUT2D eigenvalue weighted by Gasteiger charge is -2.13. The molecule has 1 N–H and O–H groups in total. The Bertz CT molecular complexity index is 824. The van der Waals surface area contributed by atoms with Gasteiger partial charge in [-0.15, -0.1) is 0 Å². The van der Waals surface area contributed by atoms with Gasteiger partial charge in [0.05, 0.1) is 38.6 Å². The summed E-state index contributed by atoms with van der Waals surface area (Å²) in [4.78, 5) is 0. The molecule has 0 radical (unpaired) electrons. The van der Waals surface area contributed by atoms with E-state index >= 15 is 0 Å². The average Bonchev–Trinajstić information content (AvgIpc) is 2.70. The maximum absolute atomic E-state index is 6.33. The van der Waals surface area contributed by atoms with Gasteiger partial charge in [0.1, 0.15) is 6.61 Å². The van der Waals surface area contributed by atoms with Gasteiger partial charge in [-0.1, -0.05) is 30.3 Å². The van der Waals surface area contributed by atoms with Crippen molar-refractivity contribution < 1.29 is 18.9 Å². The number of hydrogen-bond acceptors (Lipinski definition) is 6. The zero-order valence-electron chi connectivity index (χ0n) is 16.3. The third-order valence-electron chi connectivity index (χ3n) is 3.71. The summed E-state index contributed by atoms with van der Waals surface area (Å²) in [7, 11) is 3.21. The molecule has 7 heteroatoms. The van der Waals surface area contributed by atoms with E-state index in [9.17, 15) is 0 Å². The van der Waals surface area contributed by atoms with E-state index in [-0.39, 0.29) is 0 Å². The van der Waals surface area contributed by atoms with Crippen LogP contribution in [-0.2, 0) is 6.54 Å². The molecule has 0 aliphatic rings. The highest BCUT2D eigenvalue weighted by atomic mass is 35.5. The predicted molar refractivity (Wildman–Crippen MR) is 112 cm³/mol. The molecule has 0 spiro atoms.